The third-order valence-electron chi connectivity index (χ3n) is 6.58. The highest BCUT2D eigenvalue weighted by Crippen LogP contribution is 2.54. The van der Waals surface area contributed by atoms with Gasteiger partial charge in [0, 0.05) is 5.92 Å². The maximum absolute atomic E-state index is 12.8. The second kappa shape index (κ2) is 5.31. The first-order valence-electron chi connectivity index (χ1n) is 8.70. The first kappa shape index (κ1) is 17.0. The Morgan fingerprint density at radius 2 is 1.96 bits per heavy atom. The van der Waals surface area contributed by atoms with Crippen LogP contribution in [0.4, 0.5) is 4.79 Å². The molecule has 3 aliphatic rings. The molecular formula is C17H28BNO3Si. The third-order valence-corrected chi connectivity index (χ3v) is 11.1. The monoisotopic (exact) mass is 333 g/mol. The molecule has 0 aromatic carbocycles. The van der Waals surface area contributed by atoms with Gasteiger partial charge in [-0.2, -0.15) is 0 Å². The Hall–Kier alpha value is -0.878. The molecule has 0 radical (unpaired) electrons. The fourth-order valence-electron chi connectivity index (χ4n) is 4.31. The number of carbonyl (C=O) groups excluding carboxylic acids is 2. The molecule has 0 spiro atoms. The predicted molar refractivity (Wildman–Crippen MR) is 95.4 cm³/mol. The molecule has 126 valence electrons. The molecule has 2 bridgehead atoms. The van der Waals surface area contributed by atoms with Crippen molar-refractivity contribution in [2.24, 2.45) is 23.7 Å². The molecule has 0 aromatic heterocycles. The first-order chi connectivity index (χ1) is 10.5. The maximum Gasteiger partial charge on any atom is 0.232 e. The molecule has 1 aliphatic heterocycles. The average molecular weight is 333 g/mol. The van der Waals surface area contributed by atoms with Gasteiger partial charge in [-0.3, -0.25) is 14.5 Å². The van der Waals surface area contributed by atoms with Crippen molar-refractivity contribution in [1.82, 2.24) is 4.90 Å². The van der Waals surface area contributed by atoms with E-state index in [2.05, 4.69) is 46.0 Å². The van der Waals surface area contributed by atoms with Crippen LogP contribution in [0.15, 0.2) is 12.2 Å². The van der Waals surface area contributed by atoms with E-state index in [1.807, 2.05) is 0 Å². The van der Waals surface area contributed by atoms with Crippen LogP contribution in [0.25, 0.3) is 0 Å². The number of allylic oxidation sites excluding steroid dienone is 2. The summed E-state index contributed by atoms with van der Waals surface area (Å²) in [6, 6.07) is -0.0842. The van der Waals surface area contributed by atoms with Crippen molar-refractivity contribution in [3.63, 3.8) is 0 Å². The highest BCUT2D eigenvalue weighted by molar-refractivity contribution is 6.74. The van der Waals surface area contributed by atoms with Crippen molar-refractivity contribution >= 4 is 27.9 Å². The van der Waals surface area contributed by atoms with Crippen molar-refractivity contribution in [2.75, 3.05) is 6.61 Å². The van der Waals surface area contributed by atoms with Crippen LogP contribution in [0.5, 0.6) is 0 Å². The zero-order chi connectivity index (χ0) is 17.2. The fraction of sp³-hybridized carbons (Fsp3) is 0.765. The minimum atomic E-state index is -1.89. The van der Waals surface area contributed by atoms with E-state index in [0.29, 0.717) is 18.4 Å². The molecule has 0 N–H and O–H groups in total. The largest absolute Gasteiger partial charge is 0.415 e. The van der Waals surface area contributed by atoms with E-state index in [1.54, 1.807) is 0 Å². The Morgan fingerprint density at radius 3 is 2.52 bits per heavy atom. The average Bonchev–Trinajstić information content (AvgIpc) is 3.07. The molecule has 23 heavy (non-hydrogen) atoms. The van der Waals surface area contributed by atoms with Crippen LogP contribution in [0.2, 0.25) is 18.1 Å². The number of likely N-dealkylation sites (tertiary alicyclic amines) is 1. The number of fused-ring (bicyclic) bond motifs is 5. The maximum atomic E-state index is 12.8. The molecule has 2 amide bonds. The summed E-state index contributed by atoms with van der Waals surface area (Å²) in [7, 11) is -0.384. The quantitative estimate of drug-likeness (QED) is 0.589. The Balaban J connectivity index is 1.82. The number of hydrogen-bond acceptors (Lipinski definition) is 3. The van der Waals surface area contributed by atoms with Crippen molar-refractivity contribution < 1.29 is 14.0 Å². The SMILES string of the molecule is BC(=O)N1C(=O)C2C3C=CC(C3)C2[C@H]1CO[Si](C)(C)C(C)(C)C. The molecule has 4 unspecified atom stereocenters. The summed E-state index contributed by atoms with van der Waals surface area (Å²) in [5.41, 5.74) is 0. The van der Waals surface area contributed by atoms with Crippen LogP contribution < -0.4 is 0 Å². The number of imide groups is 1. The van der Waals surface area contributed by atoms with Crippen LogP contribution in [0.3, 0.4) is 0 Å². The summed E-state index contributed by atoms with van der Waals surface area (Å²) in [4.78, 5) is 26.4. The minimum absolute atomic E-state index is 0.00177. The van der Waals surface area contributed by atoms with E-state index in [9.17, 15) is 9.59 Å². The van der Waals surface area contributed by atoms with Gasteiger partial charge >= 0.3 is 0 Å². The Labute approximate surface area is 141 Å². The molecule has 6 heteroatoms. The van der Waals surface area contributed by atoms with E-state index in [0.717, 1.165) is 6.42 Å². The molecule has 1 saturated carbocycles. The Bertz CT molecular complexity index is 569. The summed E-state index contributed by atoms with van der Waals surface area (Å²) in [6.07, 6.45) is 5.50. The van der Waals surface area contributed by atoms with Gasteiger partial charge in [0.2, 0.25) is 13.8 Å². The molecule has 2 aliphatic carbocycles. The van der Waals surface area contributed by atoms with Crippen LogP contribution in [-0.2, 0) is 9.22 Å². The zero-order valence-corrected chi connectivity index (χ0v) is 16.1. The summed E-state index contributed by atoms with van der Waals surface area (Å²) in [5, 5.41) is 0.130. The van der Waals surface area contributed by atoms with Gasteiger partial charge < -0.3 is 4.43 Å². The highest BCUT2D eigenvalue weighted by Gasteiger charge is 2.60. The molecular weight excluding hydrogens is 305 g/mol. The van der Waals surface area contributed by atoms with E-state index in [4.69, 9.17) is 4.43 Å². The van der Waals surface area contributed by atoms with Gasteiger partial charge in [0.25, 0.3) is 0 Å². The molecule has 1 saturated heterocycles. The summed E-state index contributed by atoms with van der Waals surface area (Å²) >= 11 is 0. The second-order valence-corrected chi connectivity index (χ2v) is 13.7. The molecule has 3 rings (SSSR count). The van der Waals surface area contributed by atoms with E-state index >= 15 is 0 Å². The number of rotatable bonds is 3. The Morgan fingerprint density at radius 1 is 1.35 bits per heavy atom. The third kappa shape index (κ3) is 2.54. The van der Waals surface area contributed by atoms with E-state index in [-0.39, 0.29) is 34.6 Å². The molecule has 5 atom stereocenters. The van der Waals surface area contributed by atoms with Crippen LogP contribution in [0.1, 0.15) is 27.2 Å². The van der Waals surface area contributed by atoms with Gasteiger partial charge in [0.1, 0.15) is 0 Å². The zero-order valence-electron chi connectivity index (χ0n) is 15.1. The summed E-state index contributed by atoms with van der Waals surface area (Å²) in [5.74, 6) is 0.924. The van der Waals surface area contributed by atoms with E-state index in [1.165, 1.54) is 12.7 Å². The van der Waals surface area contributed by atoms with E-state index < -0.39 is 8.32 Å². The smallest absolute Gasteiger partial charge is 0.232 e. The number of carbonyl (C=O) groups is 2. The van der Waals surface area contributed by atoms with Gasteiger partial charge in [-0.1, -0.05) is 32.9 Å². The van der Waals surface area contributed by atoms with Crippen LogP contribution in [-0.4, -0.2) is 45.4 Å². The molecule has 4 nitrogen and oxygen atoms in total. The highest BCUT2D eigenvalue weighted by atomic mass is 28.4. The molecule has 2 fully saturated rings. The fourth-order valence-corrected chi connectivity index (χ4v) is 5.33. The van der Waals surface area contributed by atoms with Gasteiger partial charge in [0.15, 0.2) is 14.1 Å². The predicted octanol–water partition coefficient (Wildman–Crippen LogP) is 2.41. The van der Waals surface area contributed by atoms with Crippen LogP contribution in [0, 0.1) is 23.7 Å². The Kier molecular flexibility index (Phi) is 3.92. The lowest BCUT2D eigenvalue weighted by Gasteiger charge is -2.38. The van der Waals surface area contributed by atoms with Gasteiger partial charge in [0.05, 0.1) is 18.6 Å². The van der Waals surface area contributed by atoms with Crippen molar-refractivity contribution in [1.29, 1.82) is 0 Å². The normalized spacial score (nSPS) is 36.0. The molecule has 1 heterocycles. The number of nitrogens with zero attached hydrogens (tertiary/aromatic N) is 1. The first-order valence-corrected chi connectivity index (χ1v) is 11.6. The van der Waals surface area contributed by atoms with Gasteiger partial charge in [-0.25, -0.2) is 0 Å². The van der Waals surface area contributed by atoms with Crippen molar-refractivity contribution in [3.8, 4) is 0 Å². The van der Waals surface area contributed by atoms with Crippen LogP contribution >= 0.6 is 0 Å². The number of amides is 2. The second-order valence-electron chi connectivity index (χ2n) is 8.92. The topological polar surface area (TPSA) is 46.6 Å². The minimum Gasteiger partial charge on any atom is -0.415 e. The van der Waals surface area contributed by atoms with Crippen molar-refractivity contribution in [3.05, 3.63) is 12.2 Å². The summed E-state index contributed by atoms with van der Waals surface area (Å²) in [6.45, 7) is 11.6. The standard InChI is InChI=1S/C17H28BNO3Si/c1-17(2,3)23(4,5)22-9-12-13-10-6-7-11(8-10)14(13)15(20)19(12)16(18)21/h6-7,10-14H,8-9,18H2,1-5H3/t10?,11?,12-,13?,14?/m1/s1. The lowest BCUT2D eigenvalue weighted by atomic mass is 9.82. The van der Waals surface area contributed by atoms with Gasteiger partial charge in [-0.15, -0.1) is 0 Å². The van der Waals surface area contributed by atoms with Gasteiger partial charge in [-0.05, 0) is 36.4 Å². The lowest BCUT2D eigenvalue weighted by Crippen LogP contribution is -2.48. The van der Waals surface area contributed by atoms with Crippen molar-refractivity contribution in [2.45, 2.75) is 51.4 Å². The molecule has 0 aromatic rings. The lowest BCUT2D eigenvalue weighted by molar-refractivity contribution is -0.129. The number of hydrogen-bond donors (Lipinski definition) is 0. The summed E-state index contributed by atoms with van der Waals surface area (Å²) < 4.78 is 6.39.